The standard InChI is InChI=1S/C9H14N4O3/c1-2-10-8(15)7-12-9(16-13-7)6-3-5(14)4-11-6/h5-6,11,14H,2-4H2,1H3,(H,10,15). The highest BCUT2D eigenvalue weighted by Gasteiger charge is 2.28. The average molecular weight is 226 g/mol. The van der Waals surface area contributed by atoms with E-state index in [9.17, 15) is 9.90 Å². The SMILES string of the molecule is CCNC(=O)c1noc(C2CC(O)CN2)n1. The van der Waals surface area contributed by atoms with Crippen molar-refractivity contribution in [2.24, 2.45) is 0 Å². The predicted octanol–water partition coefficient (Wildman–Crippen LogP) is -0.785. The second-order valence-corrected chi connectivity index (χ2v) is 3.67. The van der Waals surface area contributed by atoms with Crippen LogP contribution in [0.1, 0.15) is 35.9 Å². The van der Waals surface area contributed by atoms with Crippen molar-refractivity contribution < 1.29 is 14.4 Å². The Morgan fingerprint density at radius 3 is 3.19 bits per heavy atom. The zero-order valence-corrected chi connectivity index (χ0v) is 8.93. The third-order valence-corrected chi connectivity index (χ3v) is 2.39. The van der Waals surface area contributed by atoms with Crippen LogP contribution in [0.5, 0.6) is 0 Å². The van der Waals surface area contributed by atoms with Crippen molar-refractivity contribution in [1.29, 1.82) is 0 Å². The molecule has 88 valence electrons. The summed E-state index contributed by atoms with van der Waals surface area (Å²) in [5, 5.41) is 18.5. The third-order valence-electron chi connectivity index (χ3n) is 2.39. The van der Waals surface area contributed by atoms with Gasteiger partial charge in [-0.05, 0) is 13.3 Å². The molecule has 3 N–H and O–H groups in total. The molecule has 2 rings (SSSR count). The van der Waals surface area contributed by atoms with Crippen LogP contribution in [0, 0.1) is 0 Å². The summed E-state index contributed by atoms with van der Waals surface area (Å²) < 4.78 is 4.97. The fourth-order valence-corrected chi connectivity index (χ4v) is 1.61. The van der Waals surface area contributed by atoms with E-state index in [2.05, 4.69) is 20.8 Å². The first kappa shape index (κ1) is 11.0. The number of aromatic nitrogens is 2. The van der Waals surface area contributed by atoms with Crippen LogP contribution in [-0.2, 0) is 0 Å². The number of hydrogen-bond donors (Lipinski definition) is 3. The number of carbonyl (C=O) groups is 1. The van der Waals surface area contributed by atoms with Gasteiger partial charge in [0.1, 0.15) is 0 Å². The molecule has 1 aliphatic rings. The van der Waals surface area contributed by atoms with Crippen LogP contribution in [0.2, 0.25) is 0 Å². The van der Waals surface area contributed by atoms with Crippen LogP contribution in [0.25, 0.3) is 0 Å². The Morgan fingerprint density at radius 1 is 1.75 bits per heavy atom. The molecule has 16 heavy (non-hydrogen) atoms. The van der Waals surface area contributed by atoms with E-state index in [0.717, 1.165) is 0 Å². The first-order valence-electron chi connectivity index (χ1n) is 5.24. The van der Waals surface area contributed by atoms with Crippen LogP contribution in [0.15, 0.2) is 4.52 Å². The van der Waals surface area contributed by atoms with Gasteiger partial charge in [0.2, 0.25) is 5.89 Å². The minimum atomic E-state index is -0.398. The van der Waals surface area contributed by atoms with Crippen molar-refractivity contribution in [2.75, 3.05) is 13.1 Å². The van der Waals surface area contributed by atoms with E-state index in [4.69, 9.17) is 4.52 Å². The van der Waals surface area contributed by atoms with E-state index in [0.29, 0.717) is 25.4 Å². The summed E-state index contributed by atoms with van der Waals surface area (Å²) in [7, 11) is 0. The number of nitrogens with one attached hydrogen (secondary N) is 2. The van der Waals surface area contributed by atoms with Gasteiger partial charge in [0.15, 0.2) is 0 Å². The van der Waals surface area contributed by atoms with Crippen molar-refractivity contribution in [2.45, 2.75) is 25.5 Å². The number of aliphatic hydroxyl groups is 1. The molecule has 0 aromatic carbocycles. The summed E-state index contributed by atoms with van der Waals surface area (Å²) in [5.74, 6) is 0.0221. The van der Waals surface area contributed by atoms with Crippen molar-refractivity contribution in [3.05, 3.63) is 11.7 Å². The highest BCUT2D eigenvalue weighted by atomic mass is 16.5. The number of amides is 1. The molecule has 1 amide bonds. The van der Waals surface area contributed by atoms with Gasteiger partial charge in [-0.1, -0.05) is 5.16 Å². The van der Waals surface area contributed by atoms with Crippen molar-refractivity contribution in [1.82, 2.24) is 20.8 Å². The molecule has 0 radical (unpaired) electrons. The topological polar surface area (TPSA) is 100 Å². The summed E-state index contributed by atoms with van der Waals surface area (Å²) in [6.45, 7) is 2.83. The molecule has 2 unspecified atom stereocenters. The van der Waals surface area contributed by atoms with E-state index >= 15 is 0 Å². The highest BCUT2D eigenvalue weighted by Crippen LogP contribution is 2.21. The largest absolute Gasteiger partial charge is 0.392 e. The molecular weight excluding hydrogens is 212 g/mol. The fourth-order valence-electron chi connectivity index (χ4n) is 1.61. The van der Waals surface area contributed by atoms with Gasteiger partial charge in [0.25, 0.3) is 11.7 Å². The minimum absolute atomic E-state index is 0.0278. The summed E-state index contributed by atoms with van der Waals surface area (Å²) in [6.07, 6.45) is 0.127. The number of carbonyl (C=O) groups excluding carboxylic acids is 1. The Kier molecular flexibility index (Phi) is 3.16. The monoisotopic (exact) mass is 226 g/mol. The van der Waals surface area contributed by atoms with Crippen LogP contribution < -0.4 is 10.6 Å². The summed E-state index contributed by atoms with van der Waals surface area (Å²) in [6, 6.07) is -0.161. The van der Waals surface area contributed by atoms with E-state index in [1.54, 1.807) is 0 Å². The molecule has 0 aliphatic carbocycles. The maximum atomic E-state index is 11.4. The second-order valence-electron chi connectivity index (χ2n) is 3.67. The van der Waals surface area contributed by atoms with Gasteiger partial charge in [-0.25, -0.2) is 0 Å². The molecule has 2 atom stereocenters. The first-order valence-corrected chi connectivity index (χ1v) is 5.24. The molecule has 0 saturated carbocycles. The molecule has 1 saturated heterocycles. The molecule has 0 bridgehead atoms. The first-order chi connectivity index (χ1) is 7.70. The van der Waals surface area contributed by atoms with Gasteiger partial charge in [-0.3, -0.25) is 4.79 Å². The lowest BCUT2D eigenvalue weighted by Gasteiger charge is -2.01. The minimum Gasteiger partial charge on any atom is -0.392 e. The fraction of sp³-hybridized carbons (Fsp3) is 0.667. The van der Waals surface area contributed by atoms with Gasteiger partial charge >= 0.3 is 0 Å². The molecule has 1 aromatic rings. The molecule has 7 nitrogen and oxygen atoms in total. The molecule has 2 heterocycles. The lowest BCUT2D eigenvalue weighted by molar-refractivity contribution is 0.0942. The number of rotatable bonds is 3. The molecule has 7 heteroatoms. The number of hydrogen-bond acceptors (Lipinski definition) is 6. The van der Waals surface area contributed by atoms with Gasteiger partial charge in [-0.15, -0.1) is 0 Å². The molecule has 0 spiro atoms. The van der Waals surface area contributed by atoms with Crippen molar-refractivity contribution in [3.63, 3.8) is 0 Å². The Bertz CT molecular complexity index is 379. The summed E-state index contributed by atoms with van der Waals surface area (Å²) in [5.41, 5.74) is 0. The Morgan fingerprint density at radius 2 is 2.56 bits per heavy atom. The van der Waals surface area contributed by atoms with Crippen LogP contribution in [0.4, 0.5) is 0 Å². The van der Waals surface area contributed by atoms with Gasteiger partial charge < -0.3 is 20.3 Å². The van der Waals surface area contributed by atoms with Gasteiger partial charge in [0.05, 0.1) is 12.1 Å². The van der Waals surface area contributed by atoms with E-state index < -0.39 is 6.10 Å². The number of aliphatic hydroxyl groups excluding tert-OH is 1. The summed E-state index contributed by atoms with van der Waals surface area (Å²) in [4.78, 5) is 15.4. The molecule has 1 fully saturated rings. The van der Waals surface area contributed by atoms with Crippen LogP contribution in [0.3, 0.4) is 0 Å². The summed E-state index contributed by atoms with van der Waals surface area (Å²) >= 11 is 0. The molecule has 1 aliphatic heterocycles. The van der Waals surface area contributed by atoms with Crippen LogP contribution >= 0.6 is 0 Å². The third kappa shape index (κ3) is 2.20. The van der Waals surface area contributed by atoms with Crippen molar-refractivity contribution >= 4 is 5.91 Å². The smallest absolute Gasteiger partial charge is 0.292 e. The normalized spacial score (nSPS) is 24.6. The average Bonchev–Trinajstić information content (AvgIpc) is 2.85. The van der Waals surface area contributed by atoms with Crippen LogP contribution in [-0.4, -0.2) is 40.3 Å². The Hall–Kier alpha value is -1.47. The number of nitrogens with zero attached hydrogens (tertiary/aromatic N) is 2. The predicted molar refractivity (Wildman–Crippen MR) is 53.7 cm³/mol. The zero-order valence-electron chi connectivity index (χ0n) is 8.93. The van der Waals surface area contributed by atoms with E-state index in [1.165, 1.54) is 0 Å². The van der Waals surface area contributed by atoms with Gasteiger partial charge in [-0.2, -0.15) is 4.98 Å². The Labute approximate surface area is 92.2 Å². The van der Waals surface area contributed by atoms with Crippen molar-refractivity contribution in [3.8, 4) is 0 Å². The molecular formula is C9H14N4O3. The highest BCUT2D eigenvalue weighted by molar-refractivity contribution is 5.90. The maximum Gasteiger partial charge on any atom is 0.292 e. The molecule has 1 aromatic heterocycles. The maximum absolute atomic E-state index is 11.4. The lowest BCUT2D eigenvalue weighted by atomic mass is 10.2. The quantitative estimate of drug-likeness (QED) is 0.624. The lowest BCUT2D eigenvalue weighted by Crippen LogP contribution is -2.24. The van der Waals surface area contributed by atoms with E-state index in [1.807, 2.05) is 6.92 Å². The second kappa shape index (κ2) is 4.58. The Balaban J connectivity index is 2.04. The van der Waals surface area contributed by atoms with Gasteiger partial charge in [0, 0.05) is 13.1 Å². The zero-order chi connectivity index (χ0) is 11.5. The van der Waals surface area contributed by atoms with E-state index in [-0.39, 0.29) is 17.8 Å². The number of β-amino-alcohol motifs (C(OH)–C–C–N with tert-alkyl or cyclic N) is 1.